The van der Waals surface area contributed by atoms with E-state index in [0.717, 1.165) is 9.36 Å². The summed E-state index contributed by atoms with van der Waals surface area (Å²) < 4.78 is 1.75. The first-order valence-corrected chi connectivity index (χ1v) is 5.72. The van der Waals surface area contributed by atoms with Crippen LogP contribution >= 0.6 is 11.3 Å². The highest BCUT2D eigenvalue weighted by Crippen LogP contribution is 2.29. The van der Waals surface area contributed by atoms with Crippen molar-refractivity contribution in [1.82, 2.24) is 9.36 Å². The second-order valence-electron chi connectivity index (χ2n) is 3.70. The Morgan fingerprint density at radius 3 is 1.76 bits per heavy atom. The third kappa shape index (κ3) is 1.27. The van der Waals surface area contributed by atoms with Crippen molar-refractivity contribution in [3.8, 4) is 0 Å². The van der Waals surface area contributed by atoms with Crippen LogP contribution in [-0.4, -0.2) is 19.6 Å². The van der Waals surface area contributed by atoms with E-state index in [4.69, 9.17) is 0 Å². The molecule has 1 aliphatic rings. The fourth-order valence-corrected chi connectivity index (χ4v) is 2.74. The largest absolute Gasteiger partial charge is 0.368 e. The Labute approximate surface area is 98.6 Å². The fourth-order valence-electron chi connectivity index (χ4n) is 2.02. The van der Waals surface area contributed by atoms with Gasteiger partial charge in [-0.3, -0.25) is 9.59 Å². The lowest BCUT2D eigenvalue weighted by atomic mass is 10.0. The van der Waals surface area contributed by atoms with Crippen molar-refractivity contribution in [3.05, 3.63) is 54.7 Å². The maximum Gasteiger partial charge on any atom is 0.329 e. The summed E-state index contributed by atoms with van der Waals surface area (Å²) in [5.74, 6) is 0. The Kier molecular flexibility index (Phi) is 2.09. The van der Waals surface area contributed by atoms with Gasteiger partial charge in [0, 0.05) is 11.1 Å². The van der Waals surface area contributed by atoms with Crippen LogP contribution in [0.3, 0.4) is 0 Å². The number of nitrogens with zero attached hydrogens (tertiary/aromatic N) is 2. The molecule has 0 radical (unpaired) electrons. The molecule has 6 nitrogen and oxygen atoms in total. The number of aliphatic hydroxyl groups excluding tert-OH is 2. The molecule has 2 atom stereocenters. The third-order valence-electron chi connectivity index (χ3n) is 2.80. The van der Waals surface area contributed by atoms with Gasteiger partial charge in [-0.2, -0.15) is 0 Å². The second-order valence-corrected chi connectivity index (χ2v) is 4.60. The molecule has 2 unspecified atom stereocenters. The lowest BCUT2D eigenvalue weighted by Crippen LogP contribution is -2.39. The van der Waals surface area contributed by atoms with Crippen LogP contribution in [0.25, 0.3) is 0 Å². The molecule has 3 rings (SSSR count). The average molecular weight is 252 g/mol. The first-order chi connectivity index (χ1) is 8.11. The summed E-state index contributed by atoms with van der Waals surface area (Å²) in [4.78, 5) is 21.9. The van der Waals surface area contributed by atoms with Crippen LogP contribution in [0.1, 0.15) is 23.6 Å². The van der Waals surface area contributed by atoms with E-state index in [2.05, 4.69) is 0 Å². The summed E-state index contributed by atoms with van der Waals surface area (Å²) in [6, 6.07) is 6.61. The minimum Gasteiger partial charge on any atom is -0.368 e. The van der Waals surface area contributed by atoms with Crippen LogP contribution in [0, 0.1) is 0 Å². The number of fused-ring (bicyclic) bond motifs is 2. The molecule has 0 aliphatic carbocycles. The zero-order valence-electron chi connectivity index (χ0n) is 8.48. The highest BCUT2D eigenvalue weighted by molar-refractivity contribution is 7.06. The summed E-state index contributed by atoms with van der Waals surface area (Å²) in [6.45, 7) is 0. The number of aliphatic hydroxyl groups is 2. The maximum atomic E-state index is 11.5. The number of rotatable bonds is 0. The first-order valence-electron chi connectivity index (χ1n) is 4.90. The molecule has 0 amide bonds. The Bertz CT molecular complexity index is 641. The van der Waals surface area contributed by atoms with Gasteiger partial charge in [-0.15, -0.1) is 0 Å². The number of benzene rings is 1. The van der Waals surface area contributed by atoms with Crippen LogP contribution in [0.15, 0.2) is 33.9 Å². The summed E-state index contributed by atoms with van der Waals surface area (Å²) in [6.07, 6.45) is -2.47. The lowest BCUT2D eigenvalue weighted by Gasteiger charge is -2.28. The molecule has 0 saturated carbocycles. The van der Waals surface area contributed by atoms with E-state index in [1.807, 2.05) is 0 Å². The number of hydrogen-bond donors (Lipinski definition) is 2. The zero-order chi connectivity index (χ0) is 12.2. The molecule has 1 aromatic heterocycles. The quantitative estimate of drug-likeness (QED) is 0.659. The van der Waals surface area contributed by atoms with Gasteiger partial charge in [-0.1, -0.05) is 24.3 Å². The van der Waals surface area contributed by atoms with Crippen LogP contribution in [0.2, 0.25) is 0 Å². The smallest absolute Gasteiger partial charge is 0.329 e. The summed E-state index contributed by atoms with van der Waals surface area (Å²) in [5.41, 5.74) is 0.861. The molecular formula is C10H8N2O4S. The predicted molar refractivity (Wildman–Crippen MR) is 60.0 cm³/mol. The van der Waals surface area contributed by atoms with Gasteiger partial charge in [-0.05, 0) is 11.3 Å². The van der Waals surface area contributed by atoms with Gasteiger partial charge in [0.2, 0.25) is 0 Å². The molecule has 17 heavy (non-hydrogen) atoms. The van der Waals surface area contributed by atoms with Gasteiger partial charge in [0.25, 0.3) is 0 Å². The van der Waals surface area contributed by atoms with E-state index < -0.39 is 22.2 Å². The van der Waals surface area contributed by atoms with Crippen LogP contribution in [0.4, 0.5) is 0 Å². The van der Waals surface area contributed by atoms with E-state index >= 15 is 0 Å². The van der Waals surface area contributed by atoms with Crippen LogP contribution in [0.5, 0.6) is 0 Å². The first kappa shape index (κ1) is 10.5. The summed E-state index contributed by atoms with van der Waals surface area (Å²) in [5, 5.41) is 20.0. The Morgan fingerprint density at radius 1 is 0.941 bits per heavy atom. The summed E-state index contributed by atoms with van der Waals surface area (Å²) in [7, 11) is 0. The number of hydrogen-bond acceptors (Lipinski definition) is 5. The van der Waals surface area contributed by atoms with Gasteiger partial charge in [0.15, 0.2) is 12.5 Å². The molecule has 0 fully saturated rings. The van der Waals surface area contributed by atoms with E-state index in [1.54, 1.807) is 24.3 Å². The van der Waals surface area contributed by atoms with Crippen molar-refractivity contribution in [1.29, 1.82) is 0 Å². The van der Waals surface area contributed by atoms with E-state index in [9.17, 15) is 19.8 Å². The van der Waals surface area contributed by atoms with E-state index in [1.165, 1.54) is 0 Å². The van der Waals surface area contributed by atoms with Gasteiger partial charge >= 0.3 is 9.75 Å². The predicted octanol–water partition coefficient (Wildman–Crippen LogP) is -0.537. The zero-order valence-corrected chi connectivity index (χ0v) is 9.29. The lowest BCUT2D eigenvalue weighted by molar-refractivity contribution is 0.0301. The molecule has 7 heteroatoms. The van der Waals surface area contributed by atoms with Gasteiger partial charge < -0.3 is 10.2 Å². The monoisotopic (exact) mass is 252 g/mol. The Balaban J connectivity index is 2.38. The average Bonchev–Trinajstić information content (AvgIpc) is 2.62. The van der Waals surface area contributed by atoms with Crippen molar-refractivity contribution < 1.29 is 10.2 Å². The van der Waals surface area contributed by atoms with Crippen molar-refractivity contribution in [2.24, 2.45) is 0 Å². The highest BCUT2D eigenvalue weighted by atomic mass is 32.1. The maximum absolute atomic E-state index is 11.5. The number of aromatic nitrogens is 2. The molecule has 1 aromatic carbocycles. The van der Waals surface area contributed by atoms with Crippen molar-refractivity contribution in [2.75, 3.05) is 0 Å². The normalized spacial score (nSPS) is 22.0. The van der Waals surface area contributed by atoms with Gasteiger partial charge in [0.1, 0.15) is 0 Å². The molecule has 0 spiro atoms. The van der Waals surface area contributed by atoms with E-state index in [-0.39, 0.29) is 0 Å². The highest BCUT2D eigenvalue weighted by Gasteiger charge is 2.32. The van der Waals surface area contributed by atoms with Crippen molar-refractivity contribution >= 4 is 11.3 Å². The van der Waals surface area contributed by atoms with Gasteiger partial charge in [0.05, 0.1) is 0 Å². The van der Waals surface area contributed by atoms with Crippen molar-refractivity contribution in [3.63, 3.8) is 0 Å². The Hall–Kier alpha value is -1.70. The minimum absolute atomic E-state index is 0.430. The molecule has 1 aliphatic heterocycles. The standard InChI is InChI=1S/C10H8N2O4S/c13-7-5-3-1-2-4-6(5)8(14)12-10(16)17-9(15)11(7)12/h1-4,7-8,13-14H. The molecule has 0 bridgehead atoms. The van der Waals surface area contributed by atoms with Crippen molar-refractivity contribution in [2.45, 2.75) is 12.5 Å². The Morgan fingerprint density at radius 2 is 1.35 bits per heavy atom. The molecule has 0 saturated heterocycles. The third-order valence-corrected chi connectivity index (χ3v) is 3.52. The van der Waals surface area contributed by atoms with E-state index in [0.29, 0.717) is 22.5 Å². The molecular weight excluding hydrogens is 244 g/mol. The molecule has 88 valence electrons. The molecule has 2 heterocycles. The van der Waals surface area contributed by atoms with Crippen LogP contribution < -0.4 is 9.75 Å². The molecule has 2 aromatic rings. The SMILES string of the molecule is O=c1sc(=O)n2n1C(O)c1ccccc1C2O. The minimum atomic E-state index is -1.24. The summed E-state index contributed by atoms with van der Waals surface area (Å²) >= 11 is 0.458. The van der Waals surface area contributed by atoms with Gasteiger partial charge in [-0.25, -0.2) is 9.36 Å². The van der Waals surface area contributed by atoms with Crippen LogP contribution in [-0.2, 0) is 0 Å². The second kappa shape index (κ2) is 3.39. The fraction of sp³-hybridized carbons (Fsp3) is 0.200. The molecule has 2 N–H and O–H groups in total. The topological polar surface area (TPSA) is 84.5 Å².